The van der Waals surface area contributed by atoms with Crippen molar-refractivity contribution in [2.45, 2.75) is 52.1 Å². The number of pyridine rings is 1. The standard InChI is InChI=1S/C18H30N4O/c1-4-15-8-6-10-22(13-15)18(2,3)14-21-17(23)20-12-16-7-5-9-19-11-16/h5,7,9,11,15H,4,6,8,10,12-14H2,1-3H3,(H2,20,21,23). The number of carbonyl (C=O) groups is 1. The molecular weight excluding hydrogens is 288 g/mol. The molecule has 1 atom stereocenters. The molecule has 1 fully saturated rings. The van der Waals surface area contributed by atoms with Gasteiger partial charge >= 0.3 is 6.03 Å². The molecule has 2 N–H and O–H groups in total. The van der Waals surface area contributed by atoms with E-state index >= 15 is 0 Å². The Morgan fingerprint density at radius 2 is 2.26 bits per heavy atom. The number of nitrogens with one attached hydrogen (secondary N) is 2. The van der Waals surface area contributed by atoms with Crippen molar-refractivity contribution in [1.82, 2.24) is 20.5 Å². The van der Waals surface area contributed by atoms with Gasteiger partial charge in [0.2, 0.25) is 0 Å². The molecule has 23 heavy (non-hydrogen) atoms. The number of urea groups is 1. The lowest BCUT2D eigenvalue weighted by Crippen LogP contribution is -2.55. The van der Waals surface area contributed by atoms with E-state index in [1.807, 2.05) is 12.1 Å². The maximum absolute atomic E-state index is 12.0. The van der Waals surface area contributed by atoms with Gasteiger partial charge in [-0.25, -0.2) is 4.79 Å². The molecule has 1 unspecified atom stereocenters. The highest BCUT2D eigenvalue weighted by Gasteiger charge is 2.31. The van der Waals surface area contributed by atoms with E-state index in [0.717, 1.165) is 24.6 Å². The summed E-state index contributed by atoms with van der Waals surface area (Å²) in [6.45, 7) is 10.1. The maximum Gasteiger partial charge on any atom is 0.315 e. The van der Waals surface area contributed by atoms with E-state index in [4.69, 9.17) is 0 Å². The van der Waals surface area contributed by atoms with Crippen LogP contribution in [-0.2, 0) is 6.54 Å². The van der Waals surface area contributed by atoms with Crippen LogP contribution in [0.3, 0.4) is 0 Å². The minimum atomic E-state index is -0.119. The SMILES string of the molecule is CCC1CCCN(C(C)(C)CNC(=O)NCc2cccnc2)C1. The van der Waals surface area contributed by atoms with Gasteiger partial charge in [-0.3, -0.25) is 9.88 Å². The Bertz CT molecular complexity index is 489. The summed E-state index contributed by atoms with van der Waals surface area (Å²) in [5, 5.41) is 5.90. The first kappa shape index (κ1) is 17.7. The number of nitrogens with zero attached hydrogens (tertiary/aromatic N) is 2. The average Bonchev–Trinajstić information content (AvgIpc) is 2.59. The Kier molecular flexibility index (Phi) is 6.39. The van der Waals surface area contributed by atoms with Crippen LogP contribution in [0, 0.1) is 5.92 Å². The number of amides is 2. The third-order valence-electron chi connectivity index (χ3n) is 4.81. The van der Waals surface area contributed by atoms with Gasteiger partial charge in [-0.05, 0) is 50.8 Å². The third-order valence-corrected chi connectivity index (χ3v) is 4.81. The van der Waals surface area contributed by atoms with Crippen molar-refractivity contribution in [2.24, 2.45) is 5.92 Å². The summed E-state index contributed by atoms with van der Waals surface area (Å²) in [6, 6.07) is 3.71. The van der Waals surface area contributed by atoms with Crippen LogP contribution in [0.15, 0.2) is 24.5 Å². The predicted molar refractivity (Wildman–Crippen MR) is 93.1 cm³/mol. The van der Waals surface area contributed by atoms with Gasteiger partial charge in [0.1, 0.15) is 0 Å². The Morgan fingerprint density at radius 3 is 2.96 bits per heavy atom. The summed E-state index contributed by atoms with van der Waals surface area (Å²) >= 11 is 0. The summed E-state index contributed by atoms with van der Waals surface area (Å²) in [5.74, 6) is 0.794. The minimum Gasteiger partial charge on any atom is -0.336 e. The van der Waals surface area contributed by atoms with Crippen molar-refractivity contribution in [3.05, 3.63) is 30.1 Å². The van der Waals surface area contributed by atoms with Crippen LogP contribution in [-0.4, -0.2) is 41.1 Å². The number of aromatic nitrogens is 1. The second-order valence-corrected chi connectivity index (χ2v) is 7.07. The second kappa shape index (κ2) is 8.29. The molecular formula is C18H30N4O. The molecule has 1 aliphatic rings. The van der Waals surface area contributed by atoms with Crippen molar-refractivity contribution >= 4 is 6.03 Å². The summed E-state index contributed by atoms with van der Waals surface area (Å²) < 4.78 is 0. The van der Waals surface area contributed by atoms with E-state index in [0.29, 0.717) is 13.1 Å². The second-order valence-electron chi connectivity index (χ2n) is 7.07. The van der Waals surface area contributed by atoms with Crippen molar-refractivity contribution in [3.8, 4) is 0 Å². The molecule has 0 saturated carbocycles. The molecule has 1 aliphatic heterocycles. The zero-order valence-corrected chi connectivity index (χ0v) is 14.6. The quantitative estimate of drug-likeness (QED) is 0.848. The van der Waals surface area contributed by atoms with Crippen LogP contribution in [0.5, 0.6) is 0 Å². The van der Waals surface area contributed by atoms with Crippen molar-refractivity contribution < 1.29 is 4.79 Å². The summed E-state index contributed by atoms with van der Waals surface area (Å²) in [4.78, 5) is 18.6. The molecule has 0 radical (unpaired) electrons. The zero-order chi connectivity index (χ0) is 16.7. The van der Waals surface area contributed by atoms with Gasteiger partial charge in [-0.15, -0.1) is 0 Å². The molecule has 5 heteroatoms. The highest BCUT2D eigenvalue weighted by atomic mass is 16.2. The topological polar surface area (TPSA) is 57.3 Å². The van der Waals surface area contributed by atoms with Gasteiger partial charge < -0.3 is 10.6 Å². The molecule has 1 aromatic heterocycles. The van der Waals surface area contributed by atoms with Gasteiger partial charge in [0.15, 0.2) is 0 Å². The van der Waals surface area contributed by atoms with Gasteiger partial charge in [0.05, 0.1) is 0 Å². The molecule has 1 saturated heterocycles. The normalized spacial score (nSPS) is 19.3. The maximum atomic E-state index is 12.0. The van der Waals surface area contributed by atoms with E-state index in [1.54, 1.807) is 12.4 Å². The fourth-order valence-electron chi connectivity index (χ4n) is 3.10. The van der Waals surface area contributed by atoms with E-state index < -0.39 is 0 Å². The van der Waals surface area contributed by atoms with Gasteiger partial charge in [-0.2, -0.15) is 0 Å². The Labute approximate surface area is 139 Å². The van der Waals surface area contributed by atoms with E-state index in [9.17, 15) is 4.79 Å². The Balaban J connectivity index is 1.75. The molecule has 0 aromatic carbocycles. The summed E-state index contributed by atoms with van der Waals surface area (Å²) in [6.07, 6.45) is 7.33. The first-order chi connectivity index (χ1) is 11.0. The van der Waals surface area contributed by atoms with Gasteiger partial charge in [0, 0.05) is 37.6 Å². The first-order valence-corrected chi connectivity index (χ1v) is 8.67. The van der Waals surface area contributed by atoms with Crippen LogP contribution in [0.2, 0.25) is 0 Å². The van der Waals surface area contributed by atoms with E-state index in [2.05, 4.69) is 41.3 Å². The number of likely N-dealkylation sites (tertiary alicyclic amines) is 1. The third kappa shape index (κ3) is 5.50. The Hall–Kier alpha value is -1.62. The lowest BCUT2D eigenvalue weighted by molar-refractivity contribution is 0.0665. The Morgan fingerprint density at radius 1 is 1.43 bits per heavy atom. The lowest BCUT2D eigenvalue weighted by atomic mass is 9.91. The van der Waals surface area contributed by atoms with Crippen LogP contribution < -0.4 is 10.6 Å². The fraction of sp³-hybridized carbons (Fsp3) is 0.667. The highest BCUT2D eigenvalue weighted by molar-refractivity contribution is 5.73. The number of hydrogen-bond donors (Lipinski definition) is 2. The van der Waals surface area contributed by atoms with Crippen molar-refractivity contribution in [2.75, 3.05) is 19.6 Å². The zero-order valence-electron chi connectivity index (χ0n) is 14.6. The molecule has 0 aliphatic carbocycles. The highest BCUT2D eigenvalue weighted by Crippen LogP contribution is 2.25. The van der Waals surface area contributed by atoms with Crippen molar-refractivity contribution in [1.29, 1.82) is 0 Å². The number of piperidine rings is 1. The summed E-state index contributed by atoms with van der Waals surface area (Å²) in [5.41, 5.74) is 0.989. The molecule has 0 spiro atoms. The first-order valence-electron chi connectivity index (χ1n) is 8.67. The lowest BCUT2D eigenvalue weighted by Gasteiger charge is -2.43. The molecule has 2 rings (SSSR count). The van der Waals surface area contributed by atoms with Crippen molar-refractivity contribution in [3.63, 3.8) is 0 Å². The molecule has 128 valence electrons. The molecule has 2 heterocycles. The largest absolute Gasteiger partial charge is 0.336 e. The summed E-state index contributed by atoms with van der Waals surface area (Å²) in [7, 11) is 0. The molecule has 1 aromatic rings. The molecule has 5 nitrogen and oxygen atoms in total. The number of hydrogen-bond acceptors (Lipinski definition) is 3. The fourth-order valence-corrected chi connectivity index (χ4v) is 3.10. The smallest absolute Gasteiger partial charge is 0.315 e. The van der Waals surface area contributed by atoms with E-state index in [1.165, 1.54) is 19.3 Å². The van der Waals surface area contributed by atoms with Crippen LogP contribution in [0.25, 0.3) is 0 Å². The predicted octanol–water partition coefficient (Wildman–Crippen LogP) is 2.78. The van der Waals surface area contributed by atoms with Gasteiger partial charge in [-0.1, -0.05) is 19.4 Å². The van der Waals surface area contributed by atoms with Gasteiger partial charge in [0.25, 0.3) is 0 Å². The van der Waals surface area contributed by atoms with Crippen LogP contribution in [0.1, 0.15) is 45.6 Å². The molecule has 0 bridgehead atoms. The van der Waals surface area contributed by atoms with E-state index in [-0.39, 0.29) is 11.6 Å². The molecule has 2 amide bonds. The van der Waals surface area contributed by atoms with Crippen LogP contribution in [0.4, 0.5) is 4.79 Å². The monoisotopic (exact) mass is 318 g/mol. The average molecular weight is 318 g/mol. The number of carbonyl (C=O) groups excluding carboxylic acids is 1. The minimum absolute atomic E-state index is 0.0144. The number of rotatable bonds is 6. The van der Waals surface area contributed by atoms with Crippen LogP contribution >= 0.6 is 0 Å².